The number of nitrogens with one attached hydrogen (secondary N) is 1. The molecule has 1 N–H and O–H groups in total. The predicted molar refractivity (Wildman–Crippen MR) is 91.9 cm³/mol. The Bertz CT molecular complexity index is 839. The summed E-state index contributed by atoms with van der Waals surface area (Å²) in [4.78, 5) is 22.3. The minimum absolute atomic E-state index is 0.110. The van der Waals surface area contributed by atoms with Crippen molar-refractivity contribution in [3.05, 3.63) is 48.4 Å². The Hall–Kier alpha value is -2.48. The van der Waals surface area contributed by atoms with E-state index in [1.807, 2.05) is 18.2 Å². The van der Waals surface area contributed by atoms with Gasteiger partial charge >= 0.3 is 0 Å². The highest BCUT2D eigenvalue weighted by Crippen LogP contribution is 2.21. The highest BCUT2D eigenvalue weighted by Gasteiger charge is 2.31. The van der Waals surface area contributed by atoms with Crippen molar-refractivity contribution >= 4 is 27.2 Å². The summed E-state index contributed by atoms with van der Waals surface area (Å²) < 4.78 is 23.3. The van der Waals surface area contributed by atoms with Gasteiger partial charge in [0.05, 0.1) is 11.5 Å². The quantitative estimate of drug-likeness (QED) is 0.898. The van der Waals surface area contributed by atoms with E-state index in [4.69, 9.17) is 0 Å². The van der Waals surface area contributed by atoms with Crippen molar-refractivity contribution in [2.75, 3.05) is 28.8 Å². The molecule has 0 saturated carbocycles. The Kier molecular flexibility index (Phi) is 4.48. The fraction of sp³-hybridized carbons (Fsp3) is 0.312. The third kappa shape index (κ3) is 3.70. The topological polar surface area (TPSA) is 92.3 Å². The monoisotopic (exact) mass is 346 g/mol. The van der Waals surface area contributed by atoms with Crippen molar-refractivity contribution in [3.8, 4) is 0 Å². The van der Waals surface area contributed by atoms with Crippen LogP contribution >= 0.6 is 0 Å². The first-order valence-electron chi connectivity index (χ1n) is 7.56. The summed E-state index contributed by atoms with van der Waals surface area (Å²) in [5.41, 5.74) is 0.912. The summed E-state index contributed by atoms with van der Waals surface area (Å²) in [6.07, 6.45) is 1.88. The van der Waals surface area contributed by atoms with Crippen LogP contribution in [0, 0.1) is 0 Å². The van der Waals surface area contributed by atoms with E-state index in [1.54, 1.807) is 30.1 Å². The van der Waals surface area contributed by atoms with Gasteiger partial charge in [-0.15, -0.1) is 0 Å². The SMILES string of the molecule is CN(c1cc(C(=O)Nc2ccccc2)ncn1)C1CCS(=O)(=O)C1. The second-order valence-corrected chi connectivity index (χ2v) is 7.98. The number of rotatable bonds is 4. The lowest BCUT2D eigenvalue weighted by Gasteiger charge is -2.24. The van der Waals surface area contributed by atoms with Crippen LogP contribution in [0.3, 0.4) is 0 Å². The van der Waals surface area contributed by atoms with Crippen LogP contribution in [0.15, 0.2) is 42.7 Å². The zero-order valence-corrected chi connectivity index (χ0v) is 14.0. The molecule has 2 aromatic rings. The van der Waals surface area contributed by atoms with Crippen LogP contribution < -0.4 is 10.2 Å². The fourth-order valence-corrected chi connectivity index (χ4v) is 4.42. The lowest BCUT2D eigenvalue weighted by atomic mass is 10.2. The van der Waals surface area contributed by atoms with Gasteiger partial charge in [-0.25, -0.2) is 18.4 Å². The van der Waals surface area contributed by atoms with Crippen LogP contribution in [0.4, 0.5) is 11.5 Å². The van der Waals surface area contributed by atoms with Gasteiger partial charge in [0, 0.05) is 24.8 Å². The maximum Gasteiger partial charge on any atom is 0.274 e. The molecule has 1 amide bonds. The smallest absolute Gasteiger partial charge is 0.274 e. The molecule has 0 bridgehead atoms. The summed E-state index contributed by atoms with van der Waals surface area (Å²) in [6, 6.07) is 10.5. The number of carbonyl (C=O) groups is 1. The number of hydrogen-bond acceptors (Lipinski definition) is 6. The van der Waals surface area contributed by atoms with E-state index in [9.17, 15) is 13.2 Å². The normalized spacial score (nSPS) is 19.0. The van der Waals surface area contributed by atoms with Gasteiger partial charge in [0.25, 0.3) is 5.91 Å². The molecule has 126 valence electrons. The van der Waals surface area contributed by atoms with Gasteiger partial charge in [0.1, 0.15) is 17.8 Å². The van der Waals surface area contributed by atoms with Crippen LogP contribution in [-0.2, 0) is 9.84 Å². The molecular weight excluding hydrogens is 328 g/mol. The third-order valence-corrected chi connectivity index (χ3v) is 5.78. The minimum Gasteiger partial charge on any atom is -0.356 e. The lowest BCUT2D eigenvalue weighted by molar-refractivity contribution is 0.102. The summed E-state index contributed by atoms with van der Waals surface area (Å²) >= 11 is 0. The van der Waals surface area contributed by atoms with Crippen molar-refractivity contribution in [1.29, 1.82) is 0 Å². The molecule has 1 saturated heterocycles. The van der Waals surface area contributed by atoms with E-state index in [0.29, 0.717) is 17.9 Å². The van der Waals surface area contributed by atoms with Gasteiger partial charge in [-0.3, -0.25) is 4.79 Å². The molecule has 1 atom stereocenters. The van der Waals surface area contributed by atoms with Crippen LogP contribution in [-0.4, -0.2) is 48.9 Å². The van der Waals surface area contributed by atoms with Gasteiger partial charge in [0.2, 0.25) is 0 Å². The number of amides is 1. The number of sulfone groups is 1. The molecule has 1 aliphatic heterocycles. The Morgan fingerprint density at radius 2 is 2.00 bits per heavy atom. The lowest BCUT2D eigenvalue weighted by Crippen LogP contribution is -2.33. The molecule has 8 heteroatoms. The molecule has 24 heavy (non-hydrogen) atoms. The first-order valence-corrected chi connectivity index (χ1v) is 9.38. The summed E-state index contributed by atoms with van der Waals surface area (Å²) in [6.45, 7) is 0. The number of aromatic nitrogens is 2. The van der Waals surface area contributed by atoms with E-state index in [-0.39, 0.29) is 29.1 Å². The van der Waals surface area contributed by atoms with Crippen molar-refractivity contribution in [2.45, 2.75) is 12.5 Å². The Balaban J connectivity index is 1.75. The molecular formula is C16H18N4O3S. The van der Waals surface area contributed by atoms with Crippen LogP contribution in [0.1, 0.15) is 16.9 Å². The average Bonchev–Trinajstić information content (AvgIpc) is 2.95. The van der Waals surface area contributed by atoms with Crippen LogP contribution in [0.2, 0.25) is 0 Å². The molecule has 3 rings (SSSR count). The van der Waals surface area contributed by atoms with Crippen molar-refractivity contribution < 1.29 is 13.2 Å². The average molecular weight is 346 g/mol. The third-order valence-electron chi connectivity index (χ3n) is 4.03. The molecule has 1 aromatic heterocycles. The molecule has 1 unspecified atom stereocenters. The highest BCUT2D eigenvalue weighted by atomic mass is 32.2. The Morgan fingerprint density at radius 1 is 1.25 bits per heavy atom. The van der Waals surface area contributed by atoms with E-state index < -0.39 is 9.84 Å². The molecule has 1 aromatic carbocycles. The molecule has 0 spiro atoms. The molecule has 7 nitrogen and oxygen atoms in total. The minimum atomic E-state index is -2.98. The fourth-order valence-electron chi connectivity index (χ4n) is 2.65. The molecule has 1 aliphatic rings. The largest absolute Gasteiger partial charge is 0.356 e. The van der Waals surface area contributed by atoms with E-state index in [1.165, 1.54) is 6.33 Å². The number of hydrogen-bond donors (Lipinski definition) is 1. The first kappa shape index (κ1) is 16.4. The van der Waals surface area contributed by atoms with Crippen molar-refractivity contribution in [3.63, 3.8) is 0 Å². The zero-order valence-electron chi connectivity index (χ0n) is 13.2. The zero-order chi connectivity index (χ0) is 17.2. The summed E-state index contributed by atoms with van der Waals surface area (Å²) in [7, 11) is -1.20. The second kappa shape index (κ2) is 6.56. The predicted octanol–water partition coefficient (Wildman–Crippen LogP) is 1.35. The maximum atomic E-state index is 12.3. The van der Waals surface area contributed by atoms with Gasteiger partial charge in [-0.2, -0.15) is 0 Å². The van der Waals surface area contributed by atoms with Gasteiger partial charge in [-0.05, 0) is 18.6 Å². The number of para-hydroxylation sites is 1. The van der Waals surface area contributed by atoms with Crippen LogP contribution in [0.5, 0.6) is 0 Å². The number of benzene rings is 1. The van der Waals surface area contributed by atoms with Gasteiger partial charge in [-0.1, -0.05) is 18.2 Å². The standard InChI is InChI=1S/C16H18N4O3S/c1-20(13-7-8-24(22,23)10-13)15-9-14(17-11-18-15)16(21)19-12-5-3-2-4-6-12/h2-6,9,11,13H,7-8,10H2,1H3,(H,19,21). The first-order chi connectivity index (χ1) is 11.4. The summed E-state index contributed by atoms with van der Waals surface area (Å²) in [5, 5.41) is 2.76. The summed E-state index contributed by atoms with van der Waals surface area (Å²) in [5.74, 6) is 0.496. The van der Waals surface area contributed by atoms with E-state index in [0.717, 1.165) is 0 Å². The molecule has 0 radical (unpaired) electrons. The Morgan fingerprint density at radius 3 is 2.67 bits per heavy atom. The van der Waals surface area contributed by atoms with E-state index >= 15 is 0 Å². The Labute approximate surface area is 140 Å². The maximum absolute atomic E-state index is 12.3. The highest BCUT2D eigenvalue weighted by molar-refractivity contribution is 7.91. The van der Waals surface area contributed by atoms with Gasteiger partial charge < -0.3 is 10.2 Å². The van der Waals surface area contributed by atoms with Crippen LogP contribution in [0.25, 0.3) is 0 Å². The number of anilines is 2. The molecule has 1 fully saturated rings. The number of nitrogens with zero attached hydrogens (tertiary/aromatic N) is 3. The number of carbonyl (C=O) groups excluding carboxylic acids is 1. The molecule has 0 aliphatic carbocycles. The van der Waals surface area contributed by atoms with Crippen molar-refractivity contribution in [1.82, 2.24) is 9.97 Å². The van der Waals surface area contributed by atoms with E-state index in [2.05, 4.69) is 15.3 Å². The van der Waals surface area contributed by atoms with Crippen molar-refractivity contribution in [2.24, 2.45) is 0 Å². The second-order valence-electron chi connectivity index (χ2n) is 5.75. The van der Waals surface area contributed by atoms with Gasteiger partial charge in [0.15, 0.2) is 9.84 Å². The molecule has 2 heterocycles.